The zero-order valence-electron chi connectivity index (χ0n) is 10.7. The fourth-order valence-corrected chi connectivity index (χ4v) is 2.24. The fraction of sp³-hybridized carbons (Fsp3) is 0.385. The SMILES string of the molecule is CCC(NCCn1ccnn1)c1ccc(Cl)c(Cl)c1. The molecule has 0 aliphatic heterocycles. The van der Waals surface area contributed by atoms with E-state index in [9.17, 15) is 0 Å². The third-order valence-electron chi connectivity index (χ3n) is 2.96. The van der Waals surface area contributed by atoms with Crippen molar-refractivity contribution in [2.75, 3.05) is 6.54 Å². The maximum atomic E-state index is 6.05. The molecule has 1 aromatic heterocycles. The Morgan fingerprint density at radius 2 is 2.16 bits per heavy atom. The van der Waals surface area contributed by atoms with Gasteiger partial charge >= 0.3 is 0 Å². The summed E-state index contributed by atoms with van der Waals surface area (Å²) in [6.07, 6.45) is 4.51. The first kappa shape index (κ1) is 14.3. The molecule has 0 aliphatic rings. The minimum Gasteiger partial charge on any atom is -0.308 e. The van der Waals surface area contributed by atoms with Gasteiger partial charge in [-0.3, -0.25) is 4.68 Å². The van der Waals surface area contributed by atoms with Gasteiger partial charge in [-0.1, -0.05) is 41.4 Å². The van der Waals surface area contributed by atoms with Crippen molar-refractivity contribution in [1.29, 1.82) is 0 Å². The van der Waals surface area contributed by atoms with Gasteiger partial charge in [0.2, 0.25) is 0 Å². The molecule has 1 atom stereocenters. The van der Waals surface area contributed by atoms with Gasteiger partial charge in [-0.2, -0.15) is 0 Å². The highest BCUT2D eigenvalue weighted by Gasteiger charge is 2.10. The molecule has 1 aromatic carbocycles. The maximum absolute atomic E-state index is 6.05. The van der Waals surface area contributed by atoms with Gasteiger partial charge in [0.25, 0.3) is 0 Å². The van der Waals surface area contributed by atoms with E-state index < -0.39 is 0 Å². The van der Waals surface area contributed by atoms with E-state index in [0.29, 0.717) is 10.0 Å². The van der Waals surface area contributed by atoms with Crippen molar-refractivity contribution < 1.29 is 0 Å². The van der Waals surface area contributed by atoms with E-state index in [1.54, 1.807) is 10.9 Å². The second-order valence-corrected chi connectivity index (χ2v) is 5.07. The molecule has 19 heavy (non-hydrogen) atoms. The average molecular weight is 299 g/mol. The van der Waals surface area contributed by atoms with Gasteiger partial charge in [-0.25, -0.2) is 0 Å². The summed E-state index contributed by atoms with van der Waals surface area (Å²) >= 11 is 12.0. The summed E-state index contributed by atoms with van der Waals surface area (Å²) < 4.78 is 1.80. The maximum Gasteiger partial charge on any atom is 0.0692 e. The van der Waals surface area contributed by atoms with Crippen molar-refractivity contribution in [3.05, 3.63) is 46.2 Å². The van der Waals surface area contributed by atoms with Crippen LogP contribution >= 0.6 is 23.2 Å². The lowest BCUT2D eigenvalue weighted by molar-refractivity contribution is 0.471. The van der Waals surface area contributed by atoms with Crippen LogP contribution in [0.2, 0.25) is 10.0 Å². The standard InChI is InChI=1S/C13H16Cl2N4/c1-2-13(10-3-4-11(14)12(15)9-10)16-5-7-19-8-6-17-18-19/h3-4,6,8-9,13,16H,2,5,7H2,1H3. The predicted molar refractivity (Wildman–Crippen MR) is 77.5 cm³/mol. The summed E-state index contributed by atoms with van der Waals surface area (Å²) in [5, 5.41) is 12.4. The number of benzene rings is 1. The van der Waals surface area contributed by atoms with Gasteiger partial charge in [-0.15, -0.1) is 5.10 Å². The molecule has 4 nitrogen and oxygen atoms in total. The number of halogens is 2. The molecule has 2 rings (SSSR count). The van der Waals surface area contributed by atoms with Crippen LogP contribution in [0.3, 0.4) is 0 Å². The molecule has 2 aromatic rings. The van der Waals surface area contributed by atoms with Crippen LogP contribution in [-0.4, -0.2) is 21.5 Å². The molecule has 1 unspecified atom stereocenters. The minimum atomic E-state index is 0.262. The number of rotatable bonds is 6. The van der Waals surface area contributed by atoms with Crippen molar-refractivity contribution in [3.63, 3.8) is 0 Å². The quantitative estimate of drug-likeness (QED) is 0.889. The topological polar surface area (TPSA) is 42.7 Å². The molecule has 0 amide bonds. The molecule has 0 saturated carbocycles. The average Bonchev–Trinajstić information content (AvgIpc) is 2.91. The molecular weight excluding hydrogens is 283 g/mol. The molecular formula is C13H16Cl2N4. The second-order valence-electron chi connectivity index (χ2n) is 4.25. The third kappa shape index (κ3) is 3.93. The van der Waals surface area contributed by atoms with Crippen molar-refractivity contribution in [2.45, 2.75) is 25.9 Å². The number of hydrogen-bond acceptors (Lipinski definition) is 3. The fourth-order valence-electron chi connectivity index (χ4n) is 1.93. The Hall–Kier alpha value is -1.10. The van der Waals surface area contributed by atoms with Crippen LogP contribution in [0.4, 0.5) is 0 Å². The highest BCUT2D eigenvalue weighted by atomic mass is 35.5. The summed E-state index contributed by atoms with van der Waals surface area (Å²) in [5.41, 5.74) is 1.15. The van der Waals surface area contributed by atoms with Crippen LogP contribution in [0.25, 0.3) is 0 Å². The Labute approximate surface area is 122 Å². The van der Waals surface area contributed by atoms with Gasteiger partial charge in [0.1, 0.15) is 0 Å². The smallest absolute Gasteiger partial charge is 0.0692 e. The van der Waals surface area contributed by atoms with E-state index in [-0.39, 0.29) is 6.04 Å². The first-order chi connectivity index (χ1) is 9.20. The molecule has 0 saturated heterocycles. The van der Waals surface area contributed by atoms with Crippen molar-refractivity contribution in [2.24, 2.45) is 0 Å². The summed E-state index contributed by atoms with van der Waals surface area (Å²) in [7, 11) is 0. The third-order valence-corrected chi connectivity index (χ3v) is 3.70. The lowest BCUT2D eigenvalue weighted by atomic mass is 10.0. The zero-order valence-corrected chi connectivity index (χ0v) is 12.2. The molecule has 1 N–H and O–H groups in total. The second kappa shape index (κ2) is 6.89. The van der Waals surface area contributed by atoms with Gasteiger partial charge in [0.15, 0.2) is 0 Å². The van der Waals surface area contributed by atoms with E-state index in [1.807, 2.05) is 24.4 Å². The summed E-state index contributed by atoms with van der Waals surface area (Å²) in [5.74, 6) is 0. The van der Waals surface area contributed by atoms with Crippen molar-refractivity contribution in [1.82, 2.24) is 20.3 Å². The first-order valence-corrected chi connectivity index (χ1v) is 6.98. The molecule has 0 spiro atoms. The highest BCUT2D eigenvalue weighted by molar-refractivity contribution is 6.42. The van der Waals surface area contributed by atoms with Gasteiger partial charge < -0.3 is 5.32 Å². The van der Waals surface area contributed by atoms with Crippen LogP contribution in [0, 0.1) is 0 Å². The minimum absolute atomic E-state index is 0.262. The molecule has 0 fully saturated rings. The van der Waals surface area contributed by atoms with Gasteiger partial charge in [-0.05, 0) is 24.1 Å². The van der Waals surface area contributed by atoms with E-state index in [4.69, 9.17) is 23.2 Å². The van der Waals surface area contributed by atoms with E-state index in [0.717, 1.165) is 25.1 Å². The van der Waals surface area contributed by atoms with E-state index in [2.05, 4.69) is 22.6 Å². The molecule has 0 radical (unpaired) electrons. The van der Waals surface area contributed by atoms with Gasteiger partial charge in [0, 0.05) is 18.8 Å². The van der Waals surface area contributed by atoms with Crippen LogP contribution in [0.5, 0.6) is 0 Å². The lowest BCUT2D eigenvalue weighted by Gasteiger charge is -2.18. The van der Waals surface area contributed by atoms with Crippen LogP contribution in [-0.2, 0) is 6.54 Å². The Kier molecular flexibility index (Phi) is 5.19. The Morgan fingerprint density at radius 1 is 1.32 bits per heavy atom. The van der Waals surface area contributed by atoms with Crippen LogP contribution < -0.4 is 5.32 Å². The van der Waals surface area contributed by atoms with Crippen molar-refractivity contribution >= 4 is 23.2 Å². The Morgan fingerprint density at radius 3 is 2.79 bits per heavy atom. The number of hydrogen-bond donors (Lipinski definition) is 1. The predicted octanol–water partition coefficient (Wildman–Crippen LogP) is 3.33. The Bertz CT molecular complexity index is 513. The number of aromatic nitrogens is 3. The largest absolute Gasteiger partial charge is 0.308 e. The summed E-state index contributed by atoms with van der Waals surface area (Å²) in [6.45, 7) is 3.75. The summed E-state index contributed by atoms with van der Waals surface area (Å²) in [4.78, 5) is 0. The molecule has 6 heteroatoms. The number of nitrogens with zero attached hydrogens (tertiary/aromatic N) is 3. The highest BCUT2D eigenvalue weighted by Crippen LogP contribution is 2.26. The molecule has 102 valence electrons. The first-order valence-electron chi connectivity index (χ1n) is 6.23. The Balaban J connectivity index is 1.93. The van der Waals surface area contributed by atoms with Crippen molar-refractivity contribution in [3.8, 4) is 0 Å². The van der Waals surface area contributed by atoms with E-state index >= 15 is 0 Å². The van der Waals surface area contributed by atoms with E-state index in [1.165, 1.54) is 0 Å². The summed E-state index contributed by atoms with van der Waals surface area (Å²) in [6, 6.07) is 6.02. The monoisotopic (exact) mass is 298 g/mol. The number of nitrogens with one attached hydrogen (secondary N) is 1. The van der Waals surface area contributed by atoms with Crippen LogP contribution in [0.1, 0.15) is 24.9 Å². The molecule has 0 aliphatic carbocycles. The van der Waals surface area contributed by atoms with Crippen LogP contribution in [0.15, 0.2) is 30.6 Å². The lowest BCUT2D eigenvalue weighted by Crippen LogP contribution is -2.25. The normalized spacial score (nSPS) is 12.6. The molecule has 0 bridgehead atoms. The molecule has 1 heterocycles. The van der Waals surface area contributed by atoms with Gasteiger partial charge in [0.05, 0.1) is 22.8 Å². The zero-order chi connectivity index (χ0) is 13.7.